The van der Waals surface area contributed by atoms with E-state index in [0.29, 0.717) is 25.7 Å². The van der Waals surface area contributed by atoms with Crippen molar-refractivity contribution in [3.63, 3.8) is 0 Å². The fourth-order valence-corrected chi connectivity index (χ4v) is 6.62. The molecule has 0 bridgehead atoms. The van der Waals surface area contributed by atoms with Crippen LogP contribution in [0.3, 0.4) is 0 Å². The first-order valence-corrected chi connectivity index (χ1v) is 17.4. The largest absolute Gasteiger partial charge is 0.544 e. The van der Waals surface area contributed by atoms with E-state index in [1.807, 2.05) is 20.8 Å². The minimum absolute atomic E-state index is 0.197. The van der Waals surface area contributed by atoms with Gasteiger partial charge in [0.05, 0.1) is 12.5 Å². The summed E-state index contributed by atoms with van der Waals surface area (Å²) < 4.78 is -0.453. The molecular weight excluding hydrogens is 530 g/mol. The normalized spacial score (nSPS) is 15.3. The molecule has 0 saturated carbocycles. The van der Waals surface area contributed by atoms with E-state index in [1.54, 1.807) is 0 Å². The fourth-order valence-electron chi connectivity index (χ4n) is 6.62. The van der Waals surface area contributed by atoms with Crippen LogP contribution in [0.25, 0.3) is 0 Å². The maximum absolute atomic E-state index is 12.6. The van der Waals surface area contributed by atoms with Gasteiger partial charge in [-0.15, -0.1) is 0 Å². The maximum Gasteiger partial charge on any atom is 0.362 e. The Balaban J connectivity index is 4.98. The van der Waals surface area contributed by atoms with Crippen LogP contribution in [-0.4, -0.2) is 57.3 Å². The molecule has 3 atom stereocenters. The molecule has 0 aliphatic carbocycles. The average molecular weight is 596 g/mol. The number of allylic oxidation sites excluding steroid dienone is 2. The van der Waals surface area contributed by atoms with Crippen LogP contribution in [0.5, 0.6) is 0 Å². The van der Waals surface area contributed by atoms with Crippen molar-refractivity contribution in [3.8, 4) is 0 Å². The van der Waals surface area contributed by atoms with Gasteiger partial charge < -0.3 is 20.1 Å². The van der Waals surface area contributed by atoms with Gasteiger partial charge in [-0.25, -0.2) is 9.59 Å². The third-order valence-corrected chi connectivity index (χ3v) is 8.83. The summed E-state index contributed by atoms with van der Waals surface area (Å²) in [6, 6.07) is -3.37. The predicted octanol–water partition coefficient (Wildman–Crippen LogP) is 8.05. The lowest BCUT2D eigenvalue weighted by molar-refractivity contribution is -0.975. The second-order valence-corrected chi connectivity index (χ2v) is 12.3. The summed E-state index contributed by atoms with van der Waals surface area (Å²) in [5.74, 6) is -3.59. The summed E-state index contributed by atoms with van der Waals surface area (Å²) in [6.45, 7) is 8.02. The molecule has 0 heterocycles. The predicted molar refractivity (Wildman–Crippen MR) is 170 cm³/mol. The van der Waals surface area contributed by atoms with Crippen LogP contribution >= 0.6 is 0 Å². The van der Waals surface area contributed by atoms with E-state index in [2.05, 4.69) is 19.1 Å². The van der Waals surface area contributed by atoms with Gasteiger partial charge in [-0.3, -0.25) is 4.48 Å². The minimum Gasteiger partial charge on any atom is -0.544 e. The Morgan fingerprint density at radius 3 is 1.26 bits per heavy atom. The van der Waals surface area contributed by atoms with Crippen molar-refractivity contribution in [1.82, 2.24) is 0 Å². The number of aliphatic carboxylic acids is 3. The lowest BCUT2D eigenvalue weighted by Gasteiger charge is -2.52. The topological polar surface area (TPSA) is 115 Å². The number of carboxylic acid groups (broad SMARTS) is 3. The van der Waals surface area contributed by atoms with Gasteiger partial charge in [0.1, 0.15) is 6.04 Å². The minimum atomic E-state index is -1.34. The van der Waals surface area contributed by atoms with Crippen LogP contribution in [-0.2, 0) is 14.4 Å². The van der Waals surface area contributed by atoms with E-state index in [4.69, 9.17) is 0 Å². The monoisotopic (exact) mass is 595 g/mol. The lowest BCUT2D eigenvalue weighted by Crippen LogP contribution is -2.74. The second kappa shape index (κ2) is 25.6. The Hall–Kier alpha value is -1.89. The van der Waals surface area contributed by atoms with Crippen LogP contribution in [0.4, 0.5) is 0 Å². The number of carbonyl (C=O) groups is 3. The average Bonchev–Trinajstić information content (AvgIpc) is 2.95. The maximum atomic E-state index is 12.6. The first-order valence-electron chi connectivity index (χ1n) is 17.4. The molecule has 0 spiro atoms. The summed E-state index contributed by atoms with van der Waals surface area (Å²) in [7, 11) is 0. The zero-order valence-corrected chi connectivity index (χ0v) is 27.6. The lowest BCUT2D eigenvalue weighted by atomic mass is 9.91. The number of carboxylic acids is 3. The molecule has 0 aliphatic heterocycles. The third-order valence-electron chi connectivity index (χ3n) is 8.83. The van der Waals surface area contributed by atoms with E-state index < -0.39 is 40.5 Å². The molecule has 7 heteroatoms. The number of unbranched alkanes of at least 4 members (excludes halogenated alkanes) is 14. The van der Waals surface area contributed by atoms with E-state index in [9.17, 15) is 29.7 Å². The zero-order valence-electron chi connectivity index (χ0n) is 27.6. The van der Waals surface area contributed by atoms with Gasteiger partial charge in [-0.1, -0.05) is 117 Å². The smallest absolute Gasteiger partial charge is 0.362 e. The molecule has 0 aliphatic rings. The summed E-state index contributed by atoms with van der Waals surface area (Å²) in [5.41, 5.74) is 0. The van der Waals surface area contributed by atoms with Gasteiger partial charge in [-0.2, -0.15) is 0 Å². The van der Waals surface area contributed by atoms with Crippen LogP contribution < -0.4 is 5.11 Å². The highest BCUT2D eigenvalue weighted by Crippen LogP contribution is 2.34. The van der Waals surface area contributed by atoms with Crippen LogP contribution in [0.1, 0.15) is 169 Å². The van der Waals surface area contributed by atoms with Crippen molar-refractivity contribution in [2.75, 3.05) is 6.54 Å². The Bertz CT molecular complexity index is 677. The van der Waals surface area contributed by atoms with Gasteiger partial charge in [0.25, 0.3) is 0 Å². The molecule has 0 radical (unpaired) electrons. The number of nitrogens with zero attached hydrogens (tertiary/aromatic N) is 1. The molecule has 0 rings (SSSR count). The Kier molecular flexibility index (Phi) is 24.4. The third kappa shape index (κ3) is 15.5. The molecule has 0 aromatic carbocycles. The molecule has 0 aromatic heterocycles. The Morgan fingerprint density at radius 1 is 0.548 bits per heavy atom. The number of hydrogen-bond acceptors (Lipinski definition) is 4. The van der Waals surface area contributed by atoms with Crippen LogP contribution in [0.15, 0.2) is 12.2 Å². The summed E-state index contributed by atoms with van der Waals surface area (Å²) in [4.78, 5) is 37.6. The highest BCUT2D eigenvalue weighted by molar-refractivity contribution is 5.77. The number of quaternary nitrogens is 1. The molecule has 0 aromatic rings. The van der Waals surface area contributed by atoms with Crippen molar-refractivity contribution in [2.24, 2.45) is 0 Å². The van der Waals surface area contributed by atoms with Gasteiger partial charge in [0.2, 0.25) is 0 Å². The molecule has 7 nitrogen and oxygen atoms in total. The summed E-state index contributed by atoms with van der Waals surface area (Å²) >= 11 is 0. The van der Waals surface area contributed by atoms with E-state index in [-0.39, 0.29) is 25.8 Å². The highest BCUT2D eigenvalue weighted by atomic mass is 16.4. The molecule has 42 heavy (non-hydrogen) atoms. The van der Waals surface area contributed by atoms with Crippen molar-refractivity contribution in [2.45, 2.75) is 187 Å². The Morgan fingerprint density at radius 2 is 0.905 bits per heavy atom. The molecule has 0 fully saturated rings. The zero-order chi connectivity index (χ0) is 31.6. The van der Waals surface area contributed by atoms with Gasteiger partial charge in [0.15, 0.2) is 12.1 Å². The van der Waals surface area contributed by atoms with E-state index in [1.165, 1.54) is 77.0 Å². The Labute approximate surface area is 257 Å². The molecule has 246 valence electrons. The van der Waals surface area contributed by atoms with Crippen LogP contribution in [0.2, 0.25) is 0 Å². The van der Waals surface area contributed by atoms with Crippen molar-refractivity contribution >= 4 is 17.9 Å². The number of rotatable bonds is 30. The molecular formula is C35H65NO6. The van der Waals surface area contributed by atoms with Crippen molar-refractivity contribution < 1.29 is 34.2 Å². The van der Waals surface area contributed by atoms with Crippen molar-refractivity contribution in [1.29, 1.82) is 0 Å². The second-order valence-electron chi connectivity index (χ2n) is 12.3. The summed E-state index contributed by atoms with van der Waals surface area (Å²) in [6.07, 6.45) is 25.8. The highest BCUT2D eigenvalue weighted by Gasteiger charge is 2.54. The summed E-state index contributed by atoms with van der Waals surface area (Å²) in [5, 5.41) is 33.0. The molecule has 2 N–H and O–H groups in total. The first kappa shape index (κ1) is 40.1. The van der Waals surface area contributed by atoms with E-state index >= 15 is 0 Å². The fraction of sp³-hybridized carbons (Fsp3) is 0.857. The van der Waals surface area contributed by atoms with Gasteiger partial charge in [0, 0.05) is 19.3 Å². The molecule has 0 amide bonds. The quantitative estimate of drug-likeness (QED) is 0.0493. The van der Waals surface area contributed by atoms with Gasteiger partial charge >= 0.3 is 11.9 Å². The van der Waals surface area contributed by atoms with Gasteiger partial charge in [-0.05, 0) is 44.9 Å². The number of hydrogen-bond donors (Lipinski definition) is 2. The SMILES string of the molecule is CCCCCCCCCCCCCC/C=C/CCCC[N+](C(CCC)C(=O)[O-])(C(CCC)C(=O)O)C(CCC)C(=O)O. The molecule has 3 unspecified atom stereocenters. The van der Waals surface area contributed by atoms with Crippen LogP contribution in [0, 0.1) is 0 Å². The standard InChI is InChI=1S/C35H65NO6/c1-5-9-10-11-12-13-14-15-16-17-18-19-20-21-22-23-24-25-29-36(30(26-6-2)33(37)38,31(27-7-3)34(39)40)32(28-8-4)35(41)42/h21-22,30-32H,5-20,23-29H2,1-4H3,(H2-,37,38,39,40,41,42)/b22-21+. The van der Waals surface area contributed by atoms with Crippen molar-refractivity contribution in [3.05, 3.63) is 12.2 Å². The van der Waals surface area contributed by atoms with E-state index in [0.717, 1.165) is 19.3 Å². The molecule has 0 saturated heterocycles. The number of carbonyl (C=O) groups excluding carboxylic acids is 1. The first-order chi connectivity index (χ1) is 20.2.